The van der Waals surface area contributed by atoms with Crippen molar-refractivity contribution in [3.63, 3.8) is 0 Å². The second-order valence-electron chi connectivity index (χ2n) is 5.76. The van der Waals surface area contributed by atoms with Crippen molar-refractivity contribution in [2.75, 3.05) is 5.32 Å². The minimum absolute atomic E-state index is 0.145. The van der Waals surface area contributed by atoms with Crippen molar-refractivity contribution >= 4 is 11.7 Å². The highest BCUT2D eigenvalue weighted by Gasteiger charge is 2.22. The minimum Gasteiger partial charge on any atom is -0.389 e. The van der Waals surface area contributed by atoms with Crippen molar-refractivity contribution < 1.29 is 9.90 Å². The highest BCUT2D eigenvalue weighted by atomic mass is 16.3. The number of hydrogen-bond acceptors (Lipinski definition) is 2. The molecule has 1 saturated carbocycles. The van der Waals surface area contributed by atoms with Gasteiger partial charge in [0.15, 0.2) is 0 Å². The molecular weight excluding hydrogens is 252 g/mol. The van der Waals surface area contributed by atoms with Gasteiger partial charge in [0.05, 0.1) is 6.10 Å². The highest BCUT2D eigenvalue weighted by Crippen LogP contribution is 2.23. The molecule has 1 aromatic rings. The molecule has 0 aromatic heterocycles. The lowest BCUT2D eigenvalue weighted by Gasteiger charge is -2.29. The second kappa shape index (κ2) is 6.75. The zero-order valence-corrected chi connectivity index (χ0v) is 12.2. The van der Waals surface area contributed by atoms with Crippen molar-refractivity contribution in [3.05, 3.63) is 29.8 Å². The molecule has 4 nitrogen and oxygen atoms in total. The maximum atomic E-state index is 12.0. The molecule has 3 N–H and O–H groups in total. The van der Waals surface area contributed by atoms with Gasteiger partial charge in [-0.25, -0.2) is 4.79 Å². The lowest BCUT2D eigenvalue weighted by Crippen LogP contribution is -2.43. The summed E-state index contributed by atoms with van der Waals surface area (Å²) in [7, 11) is 0. The Kier molecular flexibility index (Phi) is 5.01. The van der Waals surface area contributed by atoms with Crippen LogP contribution >= 0.6 is 0 Å². The standard InChI is InChI=1S/C16H24N2O2/c1-11-5-3-4-6-15(11)18-16(20)17-14-9-7-13(8-10-14)12(2)19/h7-12,15,19H,3-6H2,1-2H3,(H2,17,18,20). The first-order chi connectivity index (χ1) is 9.56. The summed E-state index contributed by atoms with van der Waals surface area (Å²) in [6, 6.07) is 7.40. The van der Waals surface area contributed by atoms with E-state index in [9.17, 15) is 9.90 Å². The van der Waals surface area contributed by atoms with Crippen molar-refractivity contribution in [1.82, 2.24) is 5.32 Å². The van der Waals surface area contributed by atoms with E-state index in [4.69, 9.17) is 0 Å². The average molecular weight is 276 g/mol. The largest absolute Gasteiger partial charge is 0.389 e. The van der Waals surface area contributed by atoms with Gasteiger partial charge in [0.2, 0.25) is 0 Å². The molecule has 110 valence electrons. The molecule has 20 heavy (non-hydrogen) atoms. The number of amides is 2. The number of benzene rings is 1. The number of aliphatic hydroxyl groups is 1. The van der Waals surface area contributed by atoms with Gasteiger partial charge in [-0.3, -0.25) is 0 Å². The molecule has 3 unspecified atom stereocenters. The van der Waals surface area contributed by atoms with Crippen LogP contribution in [0.4, 0.5) is 10.5 Å². The fraction of sp³-hybridized carbons (Fsp3) is 0.562. The first-order valence-electron chi connectivity index (χ1n) is 7.42. The van der Waals surface area contributed by atoms with E-state index in [1.807, 2.05) is 24.3 Å². The minimum atomic E-state index is -0.485. The molecule has 0 bridgehead atoms. The van der Waals surface area contributed by atoms with Crippen LogP contribution in [0.2, 0.25) is 0 Å². The van der Waals surface area contributed by atoms with Crippen LogP contribution in [0.3, 0.4) is 0 Å². The van der Waals surface area contributed by atoms with Crippen LogP contribution in [0.25, 0.3) is 0 Å². The maximum absolute atomic E-state index is 12.0. The Morgan fingerprint density at radius 1 is 1.25 bits per heavy atom. The third-order valence-electron chi connectivity index (χ3n) is 4.08. The lowest BCUT2D eigenvalue weighted by atomic mass is 9.86. The number of hydrogen-bond donors (Lipinski definition) is 3. The third kappa shape index (κ3) is 3.97. The van der Waals surface area contributed by atoms with E-state index in [1.54, 1.807) is 6.92 Å². The Morgan fingerprint density at radius 2 is 1.90 bits per heavy atom. The first kappa shape index (κ1) is 14.9. The van der Waals surface area contributed by atoms with Crippen molar-refractivity contribution in [2.45, 2.75) is 51.7 Å². The summed E-state index contributed by atoms with van der Waals surface area (Å²) in [5.41, 5.74) is 1.59. The fourth-order valence-electron chi connectivity index (χ4n) is 2.71. The van der Waals surface area contributed by atoms with Crippen molar-refractivity contribution in [3.8, 4) is 0 Å². The van der Waals surface area contributed by atoms with Gasteiger partial charge >= 0.3 is 6.03 Å². The molecule has 2 rings (SSSR count). The summed E-state index contributed by atoms with van der Waals surface area (Å²) >= 11 is 0. The molecular formula is C16H24N2O2. The summed E-state index contributed by atoms with van der Waals surface area (Å²) in [6.07, 6.45) is 4.23. The van der Waals surface area contributed by atoms with Crippen LogP contribution in [-0.2, 0) is 0 Å². The van der Waals surface area contributed by atoms with Crippen LogP contribution in [-0.4, -0.2) is 17.2 Å². The van der Waals surface area contributed by atoms with Crippen molar-refractivity contribution in [2.24, 2.45) is 5.92 Å². The van der Waals surface area contributed by atoms with Gasteiger partial charge in [-0.1, -0.05) is 31.9 Å². The van der Waals surface area contributed by atoms with E-state index in [0.29, 0.717) is 5.92 Å². The Morgan fingerprint density at radius 3 is 2.50 bits per heavy atom. The number of anilines is 1. The summed E-state index contributed by atoms with van der Waals surface area (Å²) in [4.78, 5) is 12.0. The molecule has 0 saturated heterocycles. The summed E-state index contributed by atoms with van der Waals surface area (Å²) in [5.74, 6) is 0.548. The summed E-state index contributed by atoms with van der Waals surface area (Å²) in [6.45, 7) is 3.92. The SMILES string of the molecule is CC(O)c1ccc(NC(=O)NC2CCCCC2C)cc1. The van der Waals surface area contributed by atoms with Gasteiger partial charge in [-0.15, -0.1) is 0 Å². The molecule has 3 atom stereocenters. The number of nitrogens with one attached hydrogen (secondary N) is 2. The normalized spacial score (nSPS) is 23.9. The van der Waals surface area contributed by atoms with Gasteiger partial charge < -0.3 is 15.7 Å². The number of carbonyl (C=O) groups is 1. The van der Waals surface area contributed by atoms with Crippen LogP contribution in [0.5, 0.6) is 0 Å². The molecule has 1 aliphatic carbocycles. The molecule has 0 spiro atoms. The van der Waals surface area contributed by atoms with Gasteiger partial charge in [0, 0.05) is 11.7 Å². The van der Waals surface area contributed by atoms with E-state index in [0.717, 1.165) is 17.7 Å². The fourth-order valence-corrected chi connectivity index (χ4v) is 2.71. The van der Waals surface area contributed by atoms with E-state index >= 15 is 0 Å². The Balaban J connectivity index is 1.87. The van der Waals surface area contributed by atoms with Gasteiger partial charge in [0.25, 0.3) is 0 Å². The molecule has 2 amide bonds. The first-order valence-corrected chi connectivity index (χ1v) is 7.42. The van der Waals surface area contributed by atoms with Crippen molar-refractivity contribution in [1.29, 1.82) is 0 Å². The number of urea groups is 1. The molecule has 4 heteroatoms. The summed E-state index contributed by atoms with van der Waals surface area (Å²) in [5, 5.41) is 15.3. The number of carbonyl (C=O) groups excluding carboxylic acids is 1. The topological polar surface area (TPSA) is 61.4 Å². The smallest absolute Gasteiger partial charge is 0.319 e. The van der Waals surface area contributed by atoms with E-state index in [2.05, 4.69) is 17.6 Å². The lowest BCUT2D eigenvalue weighted by molar-refractivity contribution is 0.199. The van der Waals surface area contributed by atoms with Crippen LogP contribution in [0.1, 0.15) is 51.2 Å². The van der Waals surface area contributed by atoms with Crippen LogP contribution < -0.4 is 10.6 Å². The van der Waals surface area contributed by atoms with Gasteiger partial charge in [-0.2, -0.15) is 0 Å². The molecule has 1 fully saturated rings. The maximum Gasteiger partial charge on any atom is 0.319 e. The van der Waals surface area contributed by atoms with E-state index in [1.165, 1.54) is 19.3 Å². The second-order valence-corrected chi connectivity index (χ2v) is 5.76. The molecule has 0 radical (unpaired) electrons. The number of rotatable bonds is 3. The Labute approximate surface area is 120 Å². The number of aliphatic hydroxyl groups excluding tert-OH is 1. The van der Waals surface area contributed by atoms with E-state index < -0.39 is 6.10 Å². The van der Waals surface area contributed by atoms with Gasteiger partial charge in [-0.05, 0) is 43.4 Å². The Hall–Kier alpha value is -1.55. The van der Waals surface area contributed by atoms with Crippen LogP contribution in [0, 0.1) is 5.92 Å². The third-order valence-corrected chi connectivity index (χ3v) is 4.08. The average Bonchev–Trinajstić information content (AvgIpc) is 2.42. The van der Waals surface area contributed by atoms with Crippen LogP contribution in [0.15, 0.2) is 24.3 Å². The Bertz CT molecular complexity index is 442. The molecule has 1 aliphatic rings. The zero-order chi connectivity index (χ0) is 14.5. The van der Waals surface area contributed by atoms with E-state index in [-0.39, 0.29) is 12.1 Å². The molecule has 1 aromatic carbocycles. The predicted molar refractivity (Wildman–Crippen MR) is 80.7 cm³/mol. The van der Waals surface area contributed by atoms with Gasteiger partial charge in [0.1, 0.15) is 0 Å². The monoisotopic (exact) mass is 276 g/mol. The quantitative estimate of drug-likeness (QED) is 0.792. The molecule has 0 aliphatic heterocycles. The highest BCUT2D eigenvalue weighted by molar-refractivity contribution is 5.89. The zero-order valence-electron chi connectivity index (χ0n) is 12.2. The predicted octanol–water partition coefficient (Wildman–Crippen LogP) is 3.44. The summed E-state index contributed by atoms with van der Waals surface area (Å²) < 4.78 is 0. The molecule has 0 heterocycles.